The number of aromatic nitrogens is 8. The smallest absolute Gasteiger partial charge is 0.170 e. The maximum atomic E-state index is 6.30. The van der Waals surface area contributed by atoms with Crippen LogP contribution in [0, 0.1) is 6.92 Å². The molecule has 85 heavy (non-hydrogen) atoms. The molecule has 0 amide bonds. The number of aromatic amines is 4. The molecule has 6 aromatic heterocycles. The van der Waals surface area contributed by atoms with E-state index in [0.29, 0.717) is 0 Å². The molecule has 0 radical (unpaired) electrons. The molecule has 4 aliphatic heterocycles. The van der Waals surface area contributed by atoms with Crippen LogP contribution in [0.3, 0.4) is 0 Å². The number of nitrogens with one attached hydrogen (secondary N) is 4. The second-order valence-corrected chi connectivity index (χ2v) is 22.8. The quantitative estimate of drug-likeness (QED) is 0.0677. The van der Waals surface area contributed by atoms with Crippen molar-refractivity contribution in [1.82, 2.24) is 39.9 Å². The summed E-state index contributed by atoms with van der Waals surface area (Å²) in [5.41, 5.74) is 40.0. The SMILES string of the molecule is CCC1=C(CC)c2nc1cc1[nH]c(cc3[nH]c(c(CC)c3CC)c(OC)c3nc(c2C)C(CC)=C3CC)c(CC)c1CC.CCC1=C(CC)c2nc1cc1[nH]c(cc3[nH]c(cc4nc(c2OC)C(CC)=C4CC)c(CC)c3CC)c(CC)c1CC. The van der Waals surface area contributed by atoms with Gasteiger partial charge in [-0.15, -0.1) is 0 Å². The fourth-order valence-corrected chi connectivity index (χ4v) is 15.0. The monoisotopic (exact) mass is 1140 g/mol. The molecule has 10 heterocycles. The van der Waals surface area contributed by atoms with E-state index >= 15 is 0 Å². The van der Waals surface area contributed by atoms with E-state index in [2.05, 4.69) is 168 Å². The predicted molar refractivity (Wildman–Crippen MR) is 364 cm³/mol. The molecular formula is C75H98N8O2. The van der Waals surface area contributed by atoms with Crippen molar-refractivity contribution >= 4 is 88.7 Å². The number of ether oxygens (including phenoxy) is 2. The summed E-state index contributed by atoms with van der Waals surface area (Å²) in [6.45, 7) is 38.2. The third-order valence-corrected chi connectivity index (χ3v) is 18.9. The van der Waals surface area contributed by atoms with Crippen LogP contribution >= 0.6 is 0 Å². The molecule has 10 rings (SSSR count). The molecule has 0 fully saturated rings. The van der Waals surface area contributed by atoms with Gasteiger partial charge in [0.25, 0.3) is 0 Å². The molecule has 0 atom stereocenters. The van der Waals surface area contributed by atoms with Crippen molar-refractivity contribution in [2.24, 2.45) is 0 Å². The third kappa shape index (κ3) is 10.7. The van der Waals surface area contributed by atoms with E-state index < -0.39 is 0 Å². The van der Waals surface area contributed by atoms with Crippen LogP contribution in [0.4, 0.5) is 0 Å². The first-order chi connectivity index (χ1) is 41.3. The fourth-order valence-electron chi connectivity index (χ4n) is 15.0. The number of allylic oxidation sites excluding steroid dienone is 8. The Balaban J connectivity index is 0.000000204. The second kappa shape index (κ2) is 26.6. The number of H-pyrrole nitrogens is 4. The van der Waals surface area contributed by atoms with Crippen molar-refractivity contribution in [2.45, 2.75) is 220 Å². The van der Waals surface area contributed by atoms with Gasteiger partial charge < -0.3 is 29.4 Å². The van der Waals surface area contributed by atoms with Gasteiger partial charge in [0, 0.05) is 44.2 Å². The summed E-state index contributed by atoms with van der Waals surface area (Å²) in [5.74, 6) is 1.64. The zero-order chi connectivity index (χ0) is 61.1. The summed E-state index contributed by atoms with van der Waals surface area (Å²) < 4.78 is 12.5. The summed E-state index contributed by atoms with van der Waals surface area (Å²) in [4.78, 5) is 36.9. The molecule has 0 unspecified atom stereocenters. The topological polar surface area (TPSA) is 133 Å². The van der Waals surface area contributed by atoms with Gasteiger partial charge in [-0.3, -0.25) is 0 Å². The first-order valence-corrected chi connectivity index (χ1v) is 32.9. The maximum Gasteiger partial charge on any atom is 0.170 e. The third-order valence-electron chi connectivity index (χ3n) is 18.9. The van der Waals surface area contributed by atoms with Gasteiger partial charge >= 0.3 is 0 Å². The number of rotatable bonds is 18. The average Bonchev–Trinajstić information content (AvgIpc) is 2.17. The summed E-state index contributed by atoms with van der Waals surface area (Å²) >= 11 is 0. The zero-order valence-electron chi connectivity index (χ0n) is 55.3. The average molecular weight is 1140 g/mol. The molecule has 0 saturated heterocycles. The predicted octanol–water partition coefficient (Wildman–Crippen LogP) is 20.4. The van der Waals surface area contributed by atoms with E-state index in [9.17, 15) is 0 Å². The molecule has 10 heteroatoms. The van der Waals surface area contributed by atoms with Crippen LogP contribution < -0.4 is 9.47 Å². The minimum atomic E-state index is 0.794. The normalized spacial score (nSPS) is 13.4. The van der Waals surface area contributed by atoms with Gasteiger partial charge in [-0.25, -0.2) is 19.9 Å². The minimum Gasteiger partial charge on any atom is -0.492 e. The molecule has 4 aliphatic rings. The minimum absolute atomic E-state index is 0.794. The number of hydrogen-bond acceptors (Lipinski definition) is 6. The Labute approximate surface area is 507 Å². The fraction of sp³-hybridized carbons (Fsp3) is 0.467. The molecular weight excluding hydrogens is 1040 g/mol. The Kier molecular flexibility index (Phi) is 19.5. The first kappa shape index (κ1) is 62.3. The lowest BCUT2D eigenvalue weighted by Gasteiger charge is -2.10. The lowest BCUT2D eigenvalue weighted by atomic mass is 9.94. The van der Waals surface area contributed by atoms with Crippen LogP contribution in [0.5, 0.6) is 11.5 Å². The van der Waals surface area contributed by atoms with Crippen molar-refractivity contribution in [3.05, 3.63) is 126 Å². The molecule has 16 bridgehead atoms. The second-order valence-electron chi connectivity index (χ2n) is 22.8. The highest BCUT2D eigenvalue weighted by atomic mass is 16.5. The van der Waals surface area contributed by atoms with E-state index in [4.69, 9.17) is 29.4 Å². The van der Waals surface area contributed by atoms with Crippen LogP contribution in [0.25, 0.3) is 88.7 Å². The van der Waals surface area contributed by atoms with Crippen molar-refractivity contribution in [3.8, 4) is 11.5 Å². The maximum absolute atomic E-state index is 6.30. The van der Waals surface area contributed by atoms with Crippen molar-refractivity contribution < 1.29 is 9.47 Å². The molecule has 0 spiro atoms. The number of aryl methyl sites for hydroxylation is 8. The molecule has 6 aromatic rings. The van der Waals surface area contributed by atoms with E-state index in [0.717, 1.165) is 187 Å². The van der Waals surface area contributed by atoms with Crippen LogP contribution in [-0.2, 0) is 51.4 Å². The van der Waals surface area contributed by atoms with Crippen LogP contribution in [0.1, 0.15) is 258 Å². The van der Waals surface area contributed by atoms with Crippen LogP contribution in [0.15, 0.2) is 30.3 Å². The van der Waals surface area contributed by atoms with E-state index in [-0.39, 0.29) is 0 Å². The Morgan fingerprint density at radius 1 is 0.271 bits per heavy atom. The Bertz CT molecular complexity index is 3940. The van der Waals surface area contributed by atoms with Gasteiger partial charge in [0.15, 0.2) is 11.5 Å². The molecule has 0 saturated carbocycles. The summed E-state index contributed by atoms with van der Waals surface area (Å²) in [6, 6.07) is 11.6. The Hall–Kier alpha value is -7.20. The lowest BCUT2D eigenvalue weighted by molar-refractivity contribution is 0.409. The van der Waals surface area contributed by atoms with Crippen molar-refractivity contribution in [1.29, 1.82) is 0 Å². The van der Waals surface area contributed by atoms with Gasteiger partial charge in [-0.05, 0) is 229 Å². The molecule has 4 N–H and O–H groups in total. The summed E-state index contributed by atoms with van der Waals surface area (Å²) in [5, 5.41) is 0. The van der Waals surface area contributed by atoms with Crippen LogP contribution in [0.2, 0.25) is 0 Å². The molecule has 0 aliphatic carbocycles. The van der Waals surface area contributed by atoms with Gasteiger partial charge in [-0.1, -0.05) is 111 Å². The lowest BCUT2D eigenvalue weighted by Crippen LogP contribution is -1.96. The van der Waals surface area contributed by atoms with Crippen molar-refractivity contribution in [2.75, 3.05) is 14.2 Å². The highest BCUT2D eigenvalue weighted by molar-refractivity contribution is 6.01. The van der Waals surface area contributed by atoms with Gasteiger partial charge in [0.2, 0.25) is 0 Å². The highest BCUT2D eigenvalue weighted by Gasteiger charge is 2.30. The largest absolute Gasteiger partial charge is 0.492 e. The number of hydrogen-bond donors (Lipinski definition) is 4. The van der Waals surface area contributed by atoms with E-state index in [1.54, 1.807) is 14.2 Å². The number of methoxy groups -OCH3 is 2. The van der Waals surface area contributed by atoms with Crippen LogP contribution in [-0.4, -0.2) is 54.1 Å². The number of fused-ring (bicyclic) bond motifs is 16. The Morgan fingerprint density at radius 3 is 0.835 bits per heavy atom. The van der Waals surface area contributed by atoms with Gasteiger partial charge in [0.1, 0.15) is 17.1 Å². The summed E-state index contributed by atoms with van der Waals surface area (Å²) in [7, 11) is 3.57. The van der Waals surface area contributed by atoms with Gasteiger partial charge in [-0.2, -0.15) is 0 Å². The summed E-state index contributed by atoms with van der Waals surface area (Å²) in [6.07, 6.45) is 15.0. The van der Waals surface area contributed by atoms with E-state index in [1.807, 2.05) is 0 Å². The standard InChI is InChI=1S/C38H50N4O.C37H48N4O/c1-11-22-23(12-2)31-20-33-25(14-4)27(16-6)36(41-33)38(43-10)37-29(18-8)28(17-7)35(42-37)21(9)34-26(15-5)24(13-3)32(40-34)19-30(22)39-31;1-10-21-23(12-3)31-19-33-25(14-5)27(16-7)35(40-33)37(42-9)36-28(17-8)26(15-6)34(41-36)20-32-24(13-4)22(11-2)30(39-32)18-29(21)38-31/h19-20,39,41H,11-18H2,1-10H3;18-20,38-39H,10-17H2,1-9H3. The molecule has 0 aromatic carbocycles. The Morgan fingerprint density at radius 2 is 0.518 bits per heavy atom. The first-order valence-electron chi connectivity index (χ1n) is 32.9. The highest BCUT2D eigenvalue weighted by Crippen LogP contribution is 2.47. The molecule has 10 nitrogen and oxygen atoms in total. The van der Waals surface area contributed by atoms with E-state index in [1.165, 1.54) is 111 Å². The number of nitrogens with zero attached hydrogens (tertiary/aromatic N) is 4. The van der Waals surface area contributed by atoms with Crippen molar-refractivity contribution in [3.63, 3.8) is 0 Å². The molecule has 450 valence electrons. The van der Waals surface area contributed by atoms with Gasteiger partial charge in [0.05, 0.1) is 48.2 Å². The zero-order valence-corrected chi connectivity index (χ0v) is 55.3.